The Balaban J connectivity index is 1.71. The molecule has 0 spiro atoms. The molecule has 0 aliphatic carbocycles. The predicted octanol–water partition coefficient (Wildman–Crippen LogP) is 3.55. The van der Waals surface area contributed by atoms with Crippen LogP contribution in [-0.2, 0) is 9.47 Å². The van der Waals surface area contributed by atoms with Crippen molar-refractivity contribution in [3.05, 3.63) is 65.7 Å². The van der Waals surface area contributed by atoms with E-state index >= 15 is 0 Å². The fraction of sp³-hybridized carbons (Fsp3) is 0.286. The van der Waals surface area contributed by atoms with Gasteiger partial charge in [0, 0.05) is 11.3 Å². The Bertz CT molecular complexity index is 714. The highest BCUT2D eigenvalue weighted by molar-refractivity contribution is 6.06. The smallest absolute Gasteiger partial charge is 0.185 e. The van der Waals surface area contributed by atoms with Crippen LogP contribution in [0.1, 0.15) is 15.9 Å². The van der Waals surface area contributed by atoms with E-state index in [1.165, 1.54) is 6.08 Å². The number of carbonyl (C=O) groups excluding carboxylic acids is 1. The molecule has 0 atom stereocenters. The van der Waals surface area contributed by atoms with E-state index in [0.717, 1.165) is 5.56 Å². The van der Waals surface area contributed by atoms with Gasteiger partial charge in [0.1, 0.15) is 19.0 Å². The molecule has 6 heteroatoms. The Morgan fingerprint density at radius 2 is 1.52 bits per heavy atom. The van der Waals surface area contributed by atoms with Crippen LogP contribution in [-0.4, -0.2) is 45.5 Å². The molecule has 0 aliphatic rings. The zero-order valence-electron chi connectivity index (χ0n) is 15.1. The second kappa shape index (κ2) is 11.8. The molecule has 0 fully saturated rings. The Morgan fingerprint density at radius 3 is 2.19 bits per heavy atom. The van der Waals surface area contributed by atoms with Crippen molar-refractivity contribution >= 4 is 17.5 Å². The van der Waals surface area contributed by atoms with Gasteiger partial charge < -0.3 is 19.9 Å². The van der Waals surface area contributed by atoms with Gasteiger partial charge in [0.05, 0.1) is 26.4 Å². The lowest BCUT2D eigenvalue weighted by molar-refractivity contribution is 0.0325. The van der Waals surface area contributed by atoms with E-state index in [1.807, 2.05) is 12.1 Å². The van der Waals surface area contributed by atoms with E-state index in [-0.39, 0.29) is 12.4 Å². The third-order valence-corrected chi connectivity index (χ3v) is 3.59. The number of carbonyl (C=O) groups is 1. The molecular weight excluding hydrogens is 349 g/mol. The van der Waals surface area contributed by atoms with Crippen LogP contribution in [0.5, 0.6) is 5.75 Å². The van der Waals surface area contributed by atoms with Crippen LogP contribution in [0.25, 0.3) is 6.08 Å². The summed E-state index contributed by atoms with van der Waals surface area (Å²) in [4.78, 5) is 12.2. The lowest BCUT2D eigenvalue weighted by Gasteiger charge is -2.07. The molecule has 27 heavy (non-hydrogen) atoms. The quantitative estimate of drug-likeness (QED) is 0.267. The highest BCUT2D eigenvalue weighted by Gasteiger charge is 2.02. The van der Waals surface area contributed by atoms with Gasteiger partial charge in [0.15, 0.2) is 5.78 Å². The molecule has 0 unspecified atom stereocenters. The first-order chi connectivity index (χ1) is 13.2. The van der Waals surface area contributed by atoms with Crippen LogP contribution < -0.4 is 10.5 Å². The van der Waals surface area contributed by atoms with Gasteiger partial charge in [-0.3, -0.25) is 4.79 Å². The number of nitrogens with two attached hydrogens (primary N) is 1. The third kappa shape index (κ3) is 8.02. The normalized spacial score (nSPS) is 11.0. The van der Waals surface area contributed by atoms with E-state index in [2.05, 4.69) is 0 Å². The van der Waals surface area contributed by atoms with Crippen molar-refractivity contribution in [2.75, 3.05) is 45.4 Å². The average Bonchev–Trinajstić information content (AvgIpc) is 2.70. The second-order valence-corrected chi connectivity index (χ2v) is 5.65. The number of alkyl halides is 1. The molecule has 0 heterocycles. The second-order valence-electron chi connectivity index (χ2n) is 5.65. The summed E-state index contributed by atoms with van der Waals surface area (Å²) >= 11 is 0. The zero-order valence-corrected chi connectivity index (χ0v) is 15.1. The summed E-state index contributed by atoms with van der Waals surface area (Å²) in [5, 5.41) is 0. The average molecular weight is 373 g/mol. The molecule has 5 nitrogen and oxygen atoms in total. The minimum atomic E-state index is -0.487. The zero-order chi connectivity index (χ0) is 19.3. The Kier molecular flexibility index (Phi) is 9.03. The summed E-state index contributed by atoms with van der Waals surface area (Å²) in [5.41, 5.74) is 7.81. The van der Waals surface area contributed by atoms with Crippen molar-refractivity contribution in [2.24, 2.45) is 0 Å². The summed E-state index contributed by atoms with van der Waals surface area (Å²) in [5.74, 6) is 0.571. The molecule has 2 aromatic rings. The fourth-order valence-electron chi connectivity index (χ4n) is 2.19. The van der Waals surface area contributed by atoms with Crippen molar-refractivity contribution in [3.63, 3.8) is 0 Å². The molecule has 144 valence electrons. The van der Waals surface area contributed by atoms with Crippen molar-refractivity contribution in [3.8, 4) is 5.75 Å². The molecule has 2 N–H and O–H groups in total. The summed E-state index contributed by atoms with van der Waals surface area (Å²) in [6.07, 6.45) is 3.28. The lowest BCUT2D eigenvalue weighted by atomic mass is 10.1. The Labute approximate surface area is 158 Å². The van der Waals surface area contributed by atoms with Crippen LogP contribution in [0.2, 0.25) is 0 Å². The van der Waals surface area contributed by atoms with Gasteiger partial charge in [-0.25, -0.2) is 4.39 Å². The first-order valence-electron chi connectivity index (χ1n) is 8.71. The van der Waals surface area contributed by atoms with E-state index < -0.39 is 6.67 Å². The molecule has 2 rings (SSSR count). The Hall–Kier alpha value is -2.70. The van der Waals surface area contributed by atoms with Gasteiger partial charge in [-0.1, -0.05) is 18.2 Å². The molecule has 0 radical (unpaired) electrons. The number of nitrogen functional groups attached to an aromatic ring is 1. The maximum atomic E-state index is 12.2. The van der Waals surface area contributed by atoms with E-state index in [4.69, 9.17) is 19.9 Å². The van der Waals surface area contributed by atoms with Crippen LogP contribution >= 0.6 is 0 Å². The van der Waals surface area contributed by atoms with Gasteiger partial charge in [0.2, 0.25) is 0 Å². The number of benzene rings is 2. The van der Waals surface area contributed by atoms with Crippen LogP contribution in [0.4, 0.5) is 10.1 Å². The maximum absolute atomic E-state index is 12.2. The van der Waals surface area contributed by atoms with Crippen molar-refractivity contribution in [2.45, 2.75) is 0 Å². The molecule has 2 aromatic carbocycles. The number of hydrogen-bond donors (Lipinski definition) is 1. The molecule has 0 saturated heterocycles. The third-order valence-electron chi connectivity index (χ3n) is 3.59. The minimum Gasteiger partial charge on any atom is -0.491 e. The van der Waals surface area contributed by atoms with E-state index in [0.29, 0.717) is 43.4 Å². The van der Waals surface area contributed by atoms with Crippen molar-refractivity contribution in [1.29, 1.82) is 0 Å². The first-order valence-corrected chi connectivity index (χ1v) is 8.71. The number of ketones is 1. The number of halogens is 1. The van der Waals surface area contributed by atoms with Crippen LogP contribution in [0.3, 0.4) is 0 Å². The van der Waals surface area contributed by atoms with Gasteiger partial charge in [-0.2, -0.15) is 0 Å². The standard InChI is InChI=1S/C21H24FNO4/c22-11-12-25-13-14-26-15-16-27-20-8-4-18(5-9-20)21(24)10-3-17-1-6-19(23)7-2-17/h1-10H,11-16,23H2. The first kappa shape index (κ1) is 20.6. The molecular formula is C21H24FNO4. The SMILES string of the molecule is Nc1ccc(C=CC(=O)c2ccc(OCCOCCOCCF)cc2)cc1. The van der Waals surface area contributed by atoms with Gasteiger partial charge in [-0.15, -0.1) is 0 Å². The number of allylic oxidation sites excluding steroid dienone is 1. The molecule has 0 bridgehead atoms. The summed E-state index contributed by atoms with van der Waals surface area (Å²) in [6.45, 7) is 1.16. The monoisotopic (exact) mass is 373 g/mol. The largest absolute Gasteiger partial charge is 0.491 e. The van der Waals surface area contributed by atoms with Crippen molar-refractivity contribution < 1.29 is 23.4 Å². The van der Waals surface area contributed by atoms with E-state index in [1.54, 1.807) is 42.5 Å². The highest BCUT2D eigenvalue weighted by atomic mass is 19.1. The van der Waals surface area contributed by atoms with Gasteiger partial charge in [0.25, 0.3) is 0 Å². The minimum absolute atomic E-state index is 0.0880. The highest BCUT2D eigenvalue weighted by Crippen LogP contribution is 2.14. The number of rotatable bonds is 12. The molecule has 0 aliphatic heterocycles. The Morgan fingerprint density at radius 1 is 0.889 bits per heavy atom. The van der Waals surface area contributed by atoms with Gasteiger partial charge >= 0.3 is 0 Å². The number of anilines is 1. The molecule has 0 amide bonds. The number of hydrogen-bond acceptors (Lipinski definition) is 5. The predicted molar refractivity (Wildman–Crippen MR) is 104 cm³/mol. The summed E-state index contributed by atoms with van der Waals surface area (Å²) in [6, 6.07) is 14.2. The number of ether oxygens (including phenoxy) is 3. The van der Waals surface area contributed by atoms with E-state index in [9.17, 15) is 9.18 Å². The molecule has 0 aromatic heterocycles. The topological polar surface area (TPSA) is 70.8 Å². The van der Waals surface area contributed by atoms with Gasteiger partial charge in [-0.05, 0) is 48.0 Å². The van der Waals surface area contributed by atoms with Crippen molar-refractivity contribution in [1.82, 2.24) is 0 Å². The summed E-state index contributed by atoms with van der Waals surface area (Å²) in [7, 11) is 0. The molecule has 0 saturated carbocycles. The van der Waals surface area contributed by atoms with Crippen LogP contribution in [0.15, 0.2) is 54.6 Å². The lowest BCUT2D eigenvalue weighted by Crippen LogP contribution is -2.11. The maximum Gasteiger partial charge on any atom is 0.185 e. The fourth-order valence-corrected chi connectivity index (χ4v) is 2.19. The summed E-state index contributed by atoms with van der Waals surface area (Å²) < 4.78 is 27.6. The van der Waals surface area contributed by atoms with Crippen LogP contribution in [0, 0.1) is 0 Å².